The van der Waals surface area contributed by atoms with Gasteiger partial charge in [-0.2, -0.15) is 0 Å². The Morgan fingerprint density at radius 2 is 2.43 bits per heavy atom. The molecule has 1 aliphatic heterocycles. The largest absolute Gasteiger partial charge is 0.371 e. The van der Waals surface area contributed by atoms with E-state index < -0.39 is 0 Å². The summed E-state index contributed by atoms with van der Waals surface area (Å²) >= 11 is 1.77. The highest BCUT2D eigenvalue weighted by Gasteiger charge is 2.15. The molecule has 76 valence electrons. The Morgan fingerprint density at radius 1 is 1.50 bits per heavy atom. The minimum absolute atomic E-state index is 0.232. The van der Waals surface area contributed by atoms with Gasteiger partial charge >= 0.3 is 0 Å². The number of hydrogen-bond donors (Lipinski definition) is 1. The second-order valence-electron chi connectivity index (χ2n) is 3.34. The van der Waals surface area contributed by atoms with Crippen LogP contribution in [0.5, 0.6) is 0 Å². The van der Waals surface area contributed by atoms with Crippen LogP contribution in [0.2, 0.25) is 0 Å². The molecule has 0 bridgehead atoms. The highest BCUT2D eigenvalue weighted by molar-refractivity contribution is 7.98. The summed E-state index contributed by atoms with van der Waals surface area (Å²) in [5, 5.41) is 3.34. The van der Waals surface area contributed by atoms with Gasteiger partial charge in [0, 0.05) is 18.0 Å². The Morgan fingerprint density at radius 3 is 3.14 bits per heavy atom. The zero-order valence-corrected chi connectivity index (χ0v) is 9.14. The third kappa shape index (κ3) is 2.29. The average molecular weight is 209 g/mol. The van der Waals surface area contributed by atoms with Crippen molar-refractivity contribution in [3.05, 3.63) is 29.8 Å². The van der Waals surface area contributed by atoms with Crippen molar-refractivity contribution >= 4 is 11.8 Å². The molecule has 0 radical (unpaired) electrons. The van der Waals surface area contributed by atoms with Crippen LogP contribution in [0.3, 0.4) is 0 Å². The third-order valence-electron chi connectivity index (χ3n) is 2.39. The molecule has 2 rings (SSSR count). The minimum atomic E-state index is 0.232. The van der Waals surface area contributed by atoms with E-state index in [9.17, 15) is 0 Å². The van der Waals surface area contributed by atoms with E-state index in [0.717, 1.165) is 19.7 Å². The van der Waals surface area contributed by atoms with Crippen molar-refractivity contribution < 1.29 is 4.74 Å². The maximum absolute atomic E-state index is 5.69. The molecular weight excluding hydrogens is 194 g/mol. The van der Waals surface area contributed by atoms with Crippen LogP contribution in [-0.2, 0) is 4.74 Å². The summed E-state index contributed by atoms with van der Waals surface area (Å²) in [6, 6.07) is 8.57. The lowest BCUT2D eigenvalue weighted by atomic mass is 10.1. The fourth-order valence-corrected chi connectivity index (χ4v) is 2.09. The summed E-state index contributed by atoms with van der Waals surface area (Å²) in [5.41, 5.74) is 1.28. The van der Waals surface area contributed by atoms with Crippen molar-refractivity contribution in [1.29, 1.82) is 0 Å². The van der Waals surface area contributed by atoms with Gasteiger partial charge in [0.05, 0.1) is 12.7 Å². The van der Waals surface area contributed by atoms with E-state index in [4.69, 9.17) is 4.74 Å². The van der Waals surface area contributed by atoms with Crippen LogP contribution in [-0.4, -0.2) is 26.0 Å². The third-order valence-corrected chi connectivity index (χ3v) is 3.12. The van der Waals surface area contributed by atoms with Crippen LogP contribution in [0.25, 0.3) is 0 Å². The summed E-state index contributed by atoms with van der Waals surface area (Å²) < 4.78 is 5.69. The van der Waals surface area contributed by atoms with Crippen LogP contribution in [0.1, 0.15) is 11.7 Å². The molecule has 0 amide bonds. The van der Waals surface area contributed by atoms with Crippen LogP contribution >= 0.6 is 11.8 Å². The van der Waals surface area contributed by atoms with Gasteiger partial charge in [0.25, 0.3) is 0 Å². The number of rotatable bonds is 2. The minimum Gasteiger partial charge on any atom is -0.371 e. The first-order chi connectivity index (χ1) is 6.90. The maximum atomic E-state index is 5.69. The Bertz CT molecular complexity index is 297. The molecule has 1 unspecified atom stereocenters. The molecule has 3 heteroatoms. The monoisotopic (exact) mass is 209 g/mol. The number of nitrogens with one attached hydrogen (secondary N) is 1. The molecule has 0 aromatic heterocycles. The van der Waals surface area contributed by atoms with Crippen LogP contribution in [0.15, 0.2) is 29.2 Å². The molecule has 1 aromatic carbocycles. The SMILES string of the molecule is CSc1cccc(C2CNCCO2)c1. The maximum Gasteiger partial charge on any atom is 0.0950 e. The number of ether oxygens (including phenoxy) is 1. The lowest BCUT2D eigenvalue weighted by Crippen LogP contribution is -2.33. The molecule has 1 aromatic rings. The van der Waals surface area contributed by atoms with Gasteiger partial charge in [-0.05, 0) is 24.0 Å². The molecule has 1 aliphatic rings. The van der Waals surface area contributed by atoms with Gasteiger partial charge in [0.2, 0.25) is 0 Å². The smallest absolute Gasteiger partial charge is 0.0950 e. The van der Waals surface area contributed by atoms with Gasteiger partial charge in [-0.25, -0.2) is 0 Å². The summed E-state index contributed by atoms with van der Waals surface area (Å²) in [7, 11) is 0. The van der Waals surface area contributed by atoms with E-state index in [1.165, 1.54) is 10.5 Å². The normalized spacial score (nSPS) is 22.2. The lowest BCUT2D eigenvalue weighted by Gasteiger charge is -2.24. The first-order valence-corrected chi connectivity index (χ1v) is 6.09. The number of thioether (sulfide) groups is 1. The molecule has 1 fully saturated rings. The first-order valence-electron chi connectivity index (χ1n) is 4.86. The molecular formula is C11H15NOS. The summed E-state index contributed by atoms with van der Waals surface area (Å²) in [6.07, 6.45) is 2.33. The van der Waals surface area contributed by atoms with Gasteiger partial charge < -0.3 is 10.1 Å². The van der Waals surface area contributed by atoms with E-state index in [1.54, 1.807) is 11.8 Å². The fraction of sp³-hybridized carbons (Fsp3) is 0.455. The van der Waals surface area contributed by atoms with E-state index in [1.807, 2.05) is 0 Å². The van der Waals surface area contributed by atoms with E-state index in [-0.39, 0.29) is 6.10 Å². The Balaban J connectivity index is 2.13. The fourth-order valence-electron chi connectivity index (χ4n) is 1.62. The first kappa shape index (κ1) is 10.0. The second-order valence-corrected chi connectivity index (χ2v) is 4.22. The molecule has 1 heterocycles. The van der Waals surface area contributed by atoms with E-state index >= 15 is 0 Å². The number of morpholine rings is 1. The number of hydrogen-bond acceptors (Lipinski definition) is 3. The Labute approximate surface area is 89.0 Å². The molecule has 0 saturated carbocycles. The average Bonchev–Trinajstić information content (AvgIpc) is 2.30. The zero-order valence-electron chi connectivity index (χ0n) is 8.32. The lowest BCUT2D eigenvalue weighted by molar-refractivity contribution is 0.0276. The second kappa shape index (κ2) is 4.82. The molecule has 1 N–H and O–H groups in total. The quantitative estimate of drug-likeness (QED) is 0.753. The standard InChI is InChI=1S/C11H15NOS/c1-14-10-4-2-3-9(7-10)11-8-12-5-6-13-11/h2-4,7,11-12H,5-6,8H2,1H3. The van der Waals surface area contributed by atoms with Gasteiger partial charge in [-0.15, -0.1) is 11.8 Å². The van der Waals surface area contributed by atoms with E-state index in [0.29, 0.717) is 0 Å². The molecule has 14 heavy (non-hydrogen) atoms. The van der Waals surface area contributed by atoms with Crippen LogP contribution < -0.4 is 5.32 Å². The van der Waals surface area contributed by atoms with Crippen molar-refractivity contribution in [3.8, 4) is 0 Å². The van der Waals surface area contributed by atoms with Crippen molar-refractivity contribution in [2.45, 2.75) is 11.0 Å². The summed E-state index contributed by atoms with van der Waals surface area (Å²) in [5.74, 6) is 0. The highest BCUT2D eigenvalue weighted by atomic mass is 32.2. The van der Waals surface area contributed by atoms with Crippen molar-refractivity contribution in [3.63, 3.8) is 0 Å². The van der Waals surface area contributed by atoms with Crippen molar-refractivity contribution in [2.24, 2.45) is 0 Å². The predicted octanol–water partition coefficient (Wildman–Crippen LogP) is 2.07. The summed E-state index contributed by atoms with van der Waals surface area (Å²) in [4.78, 5) is 1.30. The van der Waals surface area contributed by atoms with Crippen molar-refractivity contribution in [1.82, 2.24) is 5.32 Å². The highest BCUT2D eigenvalue weighted by Crippen LogP contribution is 2.23. The van der Waals surface area contributed by atoms with Crippen LogP contribution in [0.4, 0.5) is 0 Å². The van der Waals surface area contributed by atoms with Gasteiger partial charge in [0.1, 0.15) is 0 Å². The van der Waals surface area contributed by atoms with Gasteiger partial charge in [-0.1, -0.05) is 12.1 Å². The zero-order chi connectivity index (χ0) is 9.80. The van der Waals surface area contributed by atoms with Gasteiger partial charge in [-0.3, -0.25) is 0 Å². The predicted molar refractivity (Wildman–Crippen MR) is 59.8 cm³/mol. The molecule has 2 nitrogen and oxygen atoms in total. The Kier molecular flexibility index (Phi) is 3.45. The topological polar surface area (TPSA) is 21.3 Å². The van der Waals surface area contributed by atoms with Crippen LogP contribution in [0, 0.1) is 0 Å². The molecule has 0 aliphatic carbocycles. The molecule has 1 atom stereocenters. The molecule has 1 saturated heterocycles. The van der Waals surface area contributed by atoms with E-state index in [2.05, 4.69) is 35.8 Å². The van der Waals surface area contributed by atoms with Crippen molar-refractivity contribution in [2.75, 3.05) is 26.0 Å². The summed E-state index contributed by atoms with van der Waals surface area (Å²) in [6.45, 7) is 2.71. The van der Waals surface area contributed by atoms with Gasteiger partial charge in [0.15, 0.2) is 0 Å². The Hall–Kier alpha value is -0.510. The molecule has 0 spiro atoms. The number of benzene rings is 1.